The molecule has 0 radical (unpaired) electrons. The van der Waals surface area contributed by atoms with Crippen LogP contribution < -0.4 is 5.32 Å². The van der Waals surface area contributed by atoms with Crippen molar-refractivity contribution in [1.29, 1.82) is 0 Å². The lowest BCUT2D eigenvalue weighted by Crippen LogP contribution is -2.13. The second-order valence-corrected chi connectivity index (χ2v) is 4.38. The number of pyridine rings is 1. The van der Waals surface area contributed by atoms with Gasteiger partial charge in [-0.15, -0.1) is 0 Å². The Bertz CT molecular complexity index is 587. The summed E-state index contributed by atoms with van der Waals surface area (Å²) >= 11 is 5.82. The normalized spacial score (nSPS) is 10.2. The summed E-state index contributed by atoms with van der Waals surface area (Å²) in [7, 11) is 1.63. The molecule has 19 heavy (non-hydrogen) atoms. The third-order valence-corrected chi connectivity index (χ3v) is 2.69. The summed E-state index contributed by atoms with van der Waals surface area (Å²) in [6, 6.07) is 10.6. The third kappa shape index (κ3) is 3.77. The molecule has 2 aromatic rings. The molecule has 5 heteroatoms. The second kappa shape index (κ2) is 6.31. The number of nitrogens with one attached hydrogen (secondary N) is 1. The van der Waals surface area contributed by atoms with Crippen LogP contribution in [0.15, 0.2) is 42.6 Å². The zero-order valence-corrected chi connectivity index (χ0v) is 11.1. The number of rotatable bonds is 4. The van der Waals surface area contributed by atoms with Crippen LogP contribution in [0.4, 0.5) is 5.69 Å². The molecule has 98 valence electrons. The van der Waals surface area contributed by atoms with Gasteiger partial charge in [0, 0.05) is 24.0 Å². The molecule has 1 aromatic carbocycles. The number of carbonyl (C=O) groups excluding carboxylic acids is 1. The van der Waals surface area contributed by atoms with E-state index >= 15 is 0 Å². The van der Waals surface area contributed by atoms with E-state index < -0.39 is 0 Å². The highest BCUT2D eigenvalue weighted by Crippen LogP contribution is 2.14. The number of methoxy groups -OCH3 is 1. The minimum Gasteiger partial charge on any atom is -0.380 e. The van der Waals surface area contributed by atoms with Gasteiger partial charge in [0.2, 0.25) is 0 Å². The molecule has 2 rings (SSSR count). The molecule has 0 atom stereocenters. The zero-order chi connectivity index (χ0) is 13.7. The lowest BCUT2D eigenvalue weighted by Gasteiger charge is -2.07. The molecule has 0 unspecified atom stereocenters. The van der Waals surface area contributed by atoms with Gasteiger partial charge in [0.25, 0.3) is 5.91 Å². The van der Waals surface area contributed by atoms with Crippen LogP contribution in [0.5, 0.6) is 0 Å². The van der Waals surface area contributed by atoms with E-state index in [2.05, 4.69) is 10.3 Å². The molecular weight excluding hydrogens is 264 g/mol. The van der Waals surface area contributed by atoms with E-state index in [9.17, 15) is 4.79 Å². The number of amides is 1. The summed E-state index contributed by atoms with van der Waals surface area (Å²) in [6.07, 6.45) is 1.50. The average Bonchev–Trinajstić information content (AvgIpc) is 2.39. The Balaban J connectivity index is 2.12. The number of halogens is 1. The van der Waals surface area contributed by atoms with Gasteiger partial charge in [-0.3, -0.25) is 9.78 Å². The van der Waals surface area contributed by atoms with Gasteiger partial charge in [-0.2, -0.15) is 0 Å². The van der Waals surface area contributed by atoms with Crippen LogP contribution in [0, 0.1) is 0 Å². The fourth-order valence-electron chi connectivity index (χ4n) is 1.63. The Morgan fingerprint density at radius 2 is 2.21 bits per heavy atom. The lowest BCUT2D eigenvalue weighted by atomic mass is 10.2. The van der Waals surface area contributed by atoms with Crippen molar-refractivity contribution in [1.82, 2.24) is 4.98 Å². The molecule has 1 aromatic heterocycles. The molecule has 0 fully saturated rings. The van der Waals surface area contributed by atoms with Gasteiger partial charge in [-0.1, -0.05) is 23.7 Å². The van der Waals surface area contributed by atoms with Gasteiger partial charge in [-0.25, -0.2) is 0 Å². The summed E-state index contributed by atoms with van der Waals surface area (Å²) in [4.78, 5) is 15.9. The first-order chi connectivity index (χ1) is 9.19. The molecule has 0 bridgehead atoms. The molecule has 0 saturated heterocycles. The van der Waals surface area contributed by atoms with E-state index in [1.54, 1.807) is 13.2 Å². The molecule has 0 spiro atoms. The van der Waals surface area contributed by atoms with Gasteiger partial charge in [0.1, 0.15) is 5.69 Å². The van der Waals surface area contributed by atoms with Crippen LogP contribution in [0.25, 0.3) is 0 Å². The Morgan fingerprint density at radius 3 is 2.95 bits per heavy atom. The largest absolute Gasteiger partial charge is 0.380 e. The van der Waals surface area contributed by atoms with Crippen molar-refractivity contribution in [3.05, 3.63) is 58.9 Å². The number of benzene rings is 1. The Hall–Kier alpha value is -1.91. The molecule has 0 aliphatic rings. The Labute approximate surface area is 116 Å². The first-order valence-corrected chi connectivity index (χ1v) is 6.07. The maximum Gasteiger partial charge on any atom is 0.274 e. The summed E-state index contributed by atoms with van der Waals surface area (Å²) in [6.45, 7) is 0.499. The number of nitrogens with zero attached hydrogens (tertiary/aromatic N) is 1. The van der Waals surface area contributed by atoms with E-state index in [-0.39, 0.29) is 11.6 Å². The Morgan fingerprint density at radius 1 is 1.37 bits per heavy atom. The van der Waals surface area contributed by atoms with Crippen molar-refractivity contribution in [3.8, 4) is 0 Å². The summed E-state index contributed by atoms with van der Waals surface area (Å²) < 4.78 is 5.05. The first-order valence-electron chi connectivity index (χ1n) is 5.70. The number of ether oxygens (including phenoxy) is 1. The highest BCUT2D eigenvalue weighted by molar-refractivity contribution is 6.30. The molecule has 1 N–H and O–H groups in total. The number of aromatic nitrogens is 1. The van der Waals surface area contributed by atoms with Crippen molar-refractivity contribution in [2.24, 2.45) is 0 Å². The highest BCUT2D eigenvalue weighted by atomic mass is 35.5. The van der Waals surface area contributed by atoms with Crippen molar-refractivity contribution in [2.45, 2.75) is 6.61 Å². The van der Waals surface area contributed by atoms with E-state index in [0.717, 1.165) is 5.56 Å². The van der Waals surface area contributed by atoms with Crippen LogP contribution in [0.3, 0.4) is 0 Å². The maximum absolute atomic E-state index is 12.0. The average molecular weight is 277 g/mol. The van der Waals surface area contributed by atoms with E-state index in [1.165, 1.54) is 12.3 Å². The van der Waals surface area contributed by atoms with Gasteiger partial charge in [-0.05, 0) is 29.8 Å². The molecule has 1 amide bonds. The monoisotopic (exact) mass is 276 g/mol. The van der Waals surface area contributed by atoms with Gasteiger partial charge in [0.05, 0.1) is 6.61 Å². The second-order valence-electron chi connectivity index (χ2n) is 3.95. The molecule has 1 heterocycles. The van der Waals surface area contributed by atoms with Crippen LogP contribution >= 0.6 is 11.6 Å². The molecule has 0 aliphatic heterocycles. The van der Waals surface area contributed by atoms with E-state index in [1.807, 2.05) is 24.3 Å². The van der Waals surface area contributed by atoms with Crippen LogP contribution in [0.2, 0.25) is 5.02 Å². The van der Waals surface area contributed by atoms with Crippen molar-refractivity contribution < 1.29 is 9.53 Å². The van der Waals surface area contributed by atoms with Crippen molar-refractivity contribution in [3.63, 3.8) is 0 Å². The predicted molar refractivity (Wildman–Crippen MR) is 74.4 cm³/mol. The minimum atomic E-state index is -0.294. The SMILES string of the molecule is COCc1cccc(NC(=O)c2cc(Cl)ccn2)c1. The van der Waals surface area contributed by atoms with Gasteiger partial charge in [0.15, 0.2) is 0 Å². The fourth-order valence-corrected chi connectivity index (χ4v) is 1.79. The van der Waals surface area contributed by atoms with Crippen LogP contribution in [0.1, 0.15) is 16.1 Å². The van der Waals surface area contributed by atoms with Crippen LogP contribution in [-0.4, -0.2) is 18.0 Å². The number of hydrogen-bond acceptors (Lipinski definition) is 3. The topological polar surface area (TPSA) is 51.2 Å². The predicted octanol–water partition coefficient (Wildman–Crippen LogP) is 3.13. The summed E-state index contributed by atoms with van der Waals surface area (Å²) in [5, 5.41) is 3.25. The lowest BCUT2D eigenvalue weighted by molar-refractivity contribution is 0.102. The van der Waals surface area contributed by atoms with Crippen LogP contribution in [-0.2, 0) is 11.3 Å². The fraction of sp³-hybridized carbons (Fsp3) is 0.143. The number of hydrogen-bond donors (Lipinski definition) is 1. The third-order valence-electron chi connectivity index (χ3n) is 2.45. The first kappa shape index (κ1) is 13.5. The van der Waals surface area contributed by atoms with Crippen molar-refractivity contribution in [2.75, 3.05) is 12.4 Å². The van der Waals surface area contributed by atoms with E-state index in [4.69, 9.17) is 16.3 Å². The van der Waals surface area contributed by atoms with Gasteiger partial charge >= 0.3 is 0 Å². The number of carbonyl (C=O) groups is 1. The molecule has 0 aliphatic carbocycles. The minimum absolute atomic E-state index is 0.282. The molecule has 0 saturated carbocycles. The quantitative estimate of drug-likeness (QED) is 0.933. The zero-order valence-electron chi connectivity index (χ0n) is 10.4. The smallest absolute Gasteiger partial charge is 0.274 e. The Kier molecular flexibility index (Phi) is 4.49. The molecular formula is C14H13ClN2O2. The van der Waals surface area contributed by atoms with E-state index in [0.29, 0.717) is 17.3 Å². The van der Waals surface area contributed by atoms with Crippen molar-refractivity contribution >= 4 is 23.2 Å². The van der Waals surface area contributed by atoms with Gasteiger partial charge < -0.3 is 10.1 Å². The highest BCUT2D eigenvalue weighted by Gasteiger charge is 2.08. The summed E-state index contributed by atoms with van der Waals surface area (Å²) in [5.41, 5.74) is 1.96. The number of anilines is 1. The summed E-state index contributed by atoms with van der Waals surface area (Å²) in [5.74, 6) is -0.294. The molecule has 4 nitrogen and oxygen atoms in total. The maximum atomic E-state index is 12.0. The standard InChI is InChI=1S/C14H13ClN2O2/c1-19-9-10-3-2-4-12(7-10)17-14(18)13-8-11(15)5-6-16-13/h2-8H,9H2,1H3,(H,17,18).